The summed E-state index contributed by atoms with van der Waals surface area (Å²) >= 11 is 0. The fourth-order valence-corrected chi connectivity index (χ4v) is 3.62. The zero-order valence-electron chi connectivity index (χ0n) is 15.2. The number of nitrogens with zero attached hydrogens (tertiary/aromatic N) is 1. The number of hydrogen-bond acceptors (Lipinski definition) is 4. The lowest BCUT2D eigenvalue weighted by Gasteiger charge is -2.23. The Bertz CT molecular complexity index is 731. The van der Waals surface area contributed by atoms with Gasteiger partial charge in [0, 0.05) is 12.2 Å². The number of guanidine groups is 1. The number of ether oxygens (including phenoxy) is 1. The predicted molar refractivity (Wildman–Crippen MR) is 107 cm³/mol. The molecule has 1 saturated carbocycles. The fraction of sp³-hybridized carbons (Fsp3) is 0.409. The van der Waals surface area contributed by atoms with E-state index in [1.165, 1.54) is 43.2 Å². The molecule has 0 amide bonds. The first-order chi connectivity index (χ1) is 12.8. The first-order valence-corrected chi connectivity index (χ1v) is 9.75. The highest BCUT2D eigenvalue weighted by atomic mass is 16.5. The summed E-state index contributed by atoms with van der Waals surface area (Å²) in [6.45, 7) is 1.77. The van der Waals surface area contributed by atoms with Crippen molar-refractivity contribution in [3.63, 3.8) is 0 Å². The monoisotopic (exact) mass is 349 g/mol. The highest BCUT2D eigenvalue weighted by Crippen LogP contribution is 2.24. The van der Waals surface area contributed by atoms with Crippen molar-refractivity contribution in [1.29, 1.82) is 0 Å². The Kier molecular flexibility index (Phi) is 5.38. The number of aliphatic imine (C=N–C) groups is 1. The van der Waals surface area contributed by atoms with Gasteiger partial charge in [-0.2, -0.15) is 0 Å². The van der Waals surface area contributed by atoms with Crippen LogP contribution in [0.2, 0.25) is 0 Å². The molecule has 0 saturated heterocycles. The normalized spacial score (nSPS) is 17.5. The Balaban J connectivity index is 1.31. The summed E-state index contributed by atoms with van der Waals surface area (Å²) in [5, 5.41) is 6.52. The van der Waals surface area contributed by atoms with E-state index in [0.29, 0.717) is 6.10 Å². The molecule has 2 aromatic rings. The van der Waals surface area contributed by atoms with Crippen LogP contribution in [0.15, 0.2) is 53.5 Å². The molecule has 2 N–H and O–H groups in total. The van der Waals surface area contributed by atoms with Crippen molar-refractivity contribution in [1.82, 2.24) is 5.32 Å². The Morgan fingerprint density at radius 1 is 0.923 bits per heavy atom. The van der Waals surface area contributed by atoms with Crippen LogP contribution in [0.25, 0.3) is 0 Å². The molecule has 1 aliphatic heterocycles. The van der Waals surface area contributed by atoms with Gasteiger partial charge in [-0.25, -0.2) is 0 Å². The third-order valence-corrected chi connectivity index (χ3v) is 5.08. The van der Waals surface area contributed by atoms with Crippen molar-refractivity contribution >= 4 is 11.6 Å². The van der Waals surface area contributed by atoms with Gasteiger partial charge in [-0.15, -0.1) is 0 Å². The Hall–Kier alpha value is -2.49. The first-order valence-electron chi connectivity index (χ1n) is 9.75. The van der Waals surface area contributed by atoms with Gasteiger partial charge in [-0.3, -0.25) is 4.99 Å². The van der Waals surface area contributed by atoms with Gasteiger partial charge < -0.3 is 15.4 Å². The van der Waals surface area contributed by atoms with E-state index >= 15 is 0 Å². The quantitative estimate of drug-likeness (QED) is 0.843. The fourth-order valence-electron chi connectivity index (χ4n) is 3.62. The van der Waals surface area contributed by atoms with Crippen molar-refractivity contribution in [2.75, 3.05) is 18.4 Å². The smallest absolute Gasteiger partial charge is 0.195 e. The lowest BCUT2D eigenvalue weighted by atomic mass is 9.98. The minimum atomic E-state index is 0.411. The van der Waals surface area contributed by atoms with Crippen molar-refractivity contribution in [2.24, 2.45) is 4.99 Å². The molecule has 0 spiro atoms. The topological polar surface area (TPSA) is 45.7 Å². The molecule has 1 aliphatic carbocycles. The maximum atomic E-state index is 6.11. The van der Waals surface area contributed by atoms with E-state index in [-0.39, 0.29) is 0 Å². The molecule has 2 aliphatic rings. The maximum Gasteiger partial charge on any atom is 0.195 e. The summed E-state index contributed by atoms with van der Waals surface area (Å²) in [6.07, 6.45) is 7.71. The molecule has 26 heavy (non-hydrogen) atoms. The summed E-state index contributed by atoms with van der Waals surface area (Å²) in [5.41, 5.74) is 3.68. The van der Waals surface area contributed by atoms with Crippen LogP contribution in [0.5, 0.6) is 5.75 Å². The SMILES string of the molecule is c1cc(NC2=NCCN2)ccc1Cc1ccc(OC2CCCCC2)cc1. The molecular weight excluding hydrogens is 322 g/mol. The second kappa shape index (κ2) is 8.26. The zero-order valence-corrected chi connectivity index (χ0v) is 15.2. The van der Waals surface area contributed by atoms with Crippen LogP contribution >= 0.6 is 0 Å². The molecular formula is C22H27N3O. The summed E-state index contributed by atoms with van der Waals surface area (Å²) in [6, 6.07) is 17.2. The van der Waals surface area contributed by atoms with Crippen molar-refractivity contribution in [2.45, 2.75) is 44.6 Å². The lowest BCUT2D eigenvalue weighted by molar-refractivity contribution is 0.155. The van der Waals surface area contributed by atoms with Crippen molar-refractivity contribution in [3.05, 3.63) is 59.7 Å². The van der Waals surface area contributed by atoms with Gasteiger partial charge in [-0.05, 0) is 67.5 Å². The van der Waals surface area contributed by atoms with Crippen LogP contribution < -0.4 is 15.4 Å². The lowest BCUT2D eigenvalue weighted by Crippen LogP contribution is -2.26. The molecule has 0 bridgehead atoms. The van der Waals surface area contributed by atoms with E-state index < -0.39 is 0 Å². The maximum absolute atomic E-state index is 6.11. The molecule has 4 nitrogen and oxygen atoms in total. The van der Waals surface area contributed by atoms with E-state index in [9.17, 15) is 0 Å². The van der Waals surface area contributed by atoms with Crippen LogP contribution in [0.3, 0.4) is 0 Å². The molecule has 0 atom stereocenters. The first kappa shape index (κ1) is 17.0. The van der Waals surface area contributed by atoms with E-state index in [1.54, 1.807) is 0 Å². The van der Waals surface area contributed by atoms with E-state index in [0.717, 1.165) is 36.9 Å². The second-order valence-corrected chi connectivity index (χ2v) is 7.18. The summed E-state index contributed by atoms with van der Waals surface area (Å²) < 4.78 is 6.11. The van der Waals surface area contributed by atoms with Gasteiger partial charge in [0.05, 0.1) is 12.6 Å². The van der Waals surface area contributed by atoms with E-state index in [4.69, 9.17) is 4.74 Å². The van der Waals surface area contributed by atoms with E-state index in [2.05, 4.69) is 64.2 Å². The molecule has 4 heteroatoms. The highest BCUT2D eigenvalue weighted by molar-refractivity contribution is 5.94. The summed E-state index contributed by atoms with van der Waals surface area (Å²) in [7, 11) is 0. The average Bonchev–Trinajstić information content (AvgIpc) is 3.19. The van der Waals surface area contributed by atoms with Gasteiger partial charge in [0.15, 0.2) is 5.96 Å². The van der Waals surface area contributed by atoms with Gasteiger partial charge in [0.25, 0.3) is 0 Å². The molecule has 0 aromatic heterocycles. The molecule has 136 valence electrons. The largest absolute Gasteiger partial charge is 0.490 e. The zero-order chi connectivity index (χ0) is 17.6. The Morgan fingerprint density at radius 3 is 2.27 bits per heavy atom. The van der Waals surface area contributed by atoms with E-state index in [1.807, 2.05) is 0 Å². The predicted octanol–water partition coefficient (Wildman–Crippen LogP) is 4.36. The average molecular weight is 349 g/mol. The number of benzene rings is 2. The molecule has 0 unspecified atom stereocenters. The number of anilines is 1. The van der Waals surface area contributed by atoms with Crippen LogP contribution in [0.1, 0.15) is 43.2 Å². The minimum absolute atomic E-state index is 0.411. The van der Waals surface area contributed by atoms with Gasteiger partial charge in [-0.1, -0.05) is 30.7 Å². The van der Waals surface area contributed by atoms with Crippen LogP contribution in [0, 0.1) is 0 Å². The van der Waals surface area contributed by atoms with Crippen molar-refractivity contribution < 1.29 is 4.74 Å². The van der Waals surface area contributed by atoms with Crippen molar-refractivity contribution in [3.8, 4) is 5.75 Å². The molecule has 4 rings (SSSR count). The third-order valence-electron chi connectivity index (χ3n) is 5.08. The van der Waals surface area contributed by atoms with Gasteiger partial charge >= 0.3 is 0 Å². The van der Waals surface area contributed by atoms with Crippen LogP contribution in [-0.2, 0) is 6.42 Å². The highest BCUT2D eigenvalue weighted by Gasteiger charge is 2.14. The van der Waals surface area contributed by atoms with Crippen LogP contribution in [-0.4, -0.2) is 25.2 Å². The Morgan fingerprint density at radius 2 is 1.62 bits per heavy atom. The number of hydrogen-bond donors (Lipinski definition) is 2. The molecule has 1 fully saturated rings. The van der Waals surface area contributed by atoms with Gasteiger partial charge in [0.1, 0.15) is 5.75 Å². The molecule has 0 radical (unpaired) electrons. The molecule has 1 heterocycles. The van der Waals surface area contributed by atoms with Crippen LogP contribution in [0.4, 0.5) is 5.69 Å². The molecule has 2 aromatic carbocycles. The summed E-state index contributed by atoms with van der Waals surface area (Å²) in [5.74, 6) is 1.87. The second-order valence-electron chi connectivity index (χ2n) is 7.18. The Labute approximate surface area is 155 Å². The summed E-state index contributed by atoms with van der Waals surface area (Å²) in [4.78, 5) is 4.35. The number of nitrogens with one attached hydrogen (secondary N) is 2. The third kappa shape index (κ3) is 4.57. The minimum Gasteiger partial charge on any atom is -0.490 e. The standard InChI is InChI=1S/C22H27N3O/c1-2-4-20(5-3-1)26-21-12-8-18(9-13-21)16-17-6-10-19(11-7-17)25-22-23-14-15-24-22/h6-13,20H,1-5,14-16H2,(H2,23,24,25). The number of rotatable bonds is 5. The van der Waals surface area contributed by atoms with Gasteiger partial charge in [0.2, 0.25) is 0 Å².